The SMILES string of the molecule is CC1=NN(C)C(=O)/C1=N/OC(=O)c1ccccc1. The van der Waals surface area contributed by atoms with Crippen LogP contribution in [0.2, 0.25) is 0 Å². The molecule has 0 aliphatic carbocycles. The highest BCUT2D eigenvalue weighted by Gasteiger charge is 2.27. The molecule has 0 saturated carbocycles. The molecule has 1 aromatic rings. The molecule has 1 aliphatic rings. The van der Waals surface area contributed by atoms with Crippen LogP contribution in [0.25, 0.3) is 0 Å². The molecule has 0 unspecified atom stereocenters. The van der Waals surface area contributed by atoms with Crippen LogP contribution >= 0.6 is 0 Å². The molecule has 0 bridgehead atoms. The summed E-state index contributed by atoms with van der Waals surface area (Å²) in [5, 5.41) is 8.58. The third-order valence-electron chi connectivity index (χ3n) is 2.37. The Hall–Kier alpha value is -2.50. The van der Waals surface area contributed by atoms with Crippen LogP contribution in [0.1, 0.15) is 17.3 Å². The first kappa shape index (κ1) is 12.0. The van der Waals surface area contributed by atoms with E-state index < -0.39 is 11.9 Å². The number of carbonyl (C=O) groups is 2. The van der Waals surface area contributed by atoms with Gasteiger partial charge in [0.15, 0.2) is 5.71 Å². The number of hydrazone groups is 1. The number of benzene rings is 1. The zero-order valence-electron chi connectivity index (χ0n) is 9.95. The molecule has 0 fully saturated rings. The van der Waals surface area contributed by atoms with Gasteiger partial charge in [0.2, 0.25) is 0 Å². The van der Waals surface area contributed by atoms with E-state index in [0.29, 0.717) is 11.3 Å². The first-order valence-electron chi connectivity index (χ1n) is 5.27. The molecule has 0 saturated heterocycles. The van der Waals surface area contributed by atoms with Gasteiger partial charge in [-0.05, 0) is 19.1 Å². The van der Waals surface area contributed by atoms with Crippen LogP contribution < -0.4 is 0 Å². The van der Waals surface area contributed by atoms with E-state index in [0.717, 1.165) is 5.01 Å². The third kappa shape index (κ3) is 2.27. The number of rotatable bonds is 2. The van der Waals surface area contributed by atoms with E-state index in [1.54, 1.807) is 37.3 Å². The molecular formula is C12H11N3O3. The Morgan fingerprint density at radius 1 is 1.33 bits per heavy atom. The number of hydrogen-bond donors (Lipinski definition) is 0. The maximum absolute atomic E-state index is 11.6. The number of oxime groups is 1. The van der Waals surface area contributed by atoms with Crippen LogP contribution in [-0.2, 0) is 9.63 Å². The zero-order valence-corrected chi connectivity index (χ0v) is 9.95. The highest BCUT2D eigenvalue weighted by molar-refractivity contribution is 6.68. The van der Waals surface area contributed by atoms with Crippen LogP contribution in [0, 0.1) is 0 Å². The fourth-order valence-corrected chi connectivity index (χ4v) is 1.44. The summed E-state index contributed by atoms with van der Waals surface area (Å²) in [6.07, 6.45) is 0. The summed E-state index contributed by atoms with van der Waals surface area (Å²) in [5.74, 6) is -1.01. The molecule has 1 heterocycles. The highest BCUT2D eigenvalue weighted by Crippen LogP contribution is 2.06. The standard InChI is InChI=1S/C12H11N3O3/c1-8-10(11(16)15(2)13-8)14-18-12(17)9-6-4-3-5-7-9/h3-7H,1-2H3/b14-10+. The predicted molar refractivity (Wildman–Crippen MR) is 65.2 cm³/mol. The van der Waals surface area contributed by atoms with Crippen molar-refractivity contribution in [2.45, 2.75) is 6.92 Å². The van der Waals surface area contributed by atoms with E-state index in [1.807, 2.05) is 0 Å². The lowest BCUT2D eigenvalue weighted by atomic mass is 10.2. The average molecular weight is 245 g/mol. The maximum Gasteiger partial charge on any atom is 0.365 e. The van der Waals surface area contributed by atoms with Crippen molar-refractivity contribution in [1.29, 1.82) is 0 Å². The van der Waals surface area contributed by atoms with E-state index in [-0.39, 0.29) is 5.71 Å². The van der Waals surface area contributed by atoms with Crippen molar-refractivity contribution in [3.05, 3.63) is 35.9 Å². The summed E-state index contributed by atoms with van der Waals surface area (Å²) >= 11 is 0. The van der Waals surface area contributed by atoms with Gasteiger partial charge in [-0.25, -0.2) is 9.80 Å². The molecule has 1 amide bonds. The Bertz CT molecular complexity index is 549. The van der Waals surface area contributed by atoms with Crippen LogP contribution in [0.5, 0.6) is 0 Å². The van der Waals surface area contributed by atoms with Gasteiger partial charge >= 0.3 is 5.97 Å². The van der Waals surface area contributed by atoms with Gasteiger partial charge in [0.25, 0.3) is 5.91 Å². The van der Waals surface area contributed by atoms with Gasteiger partial charge in [-0.2, -0.15) is 5.10 Å². The van der Waals surface area contributed by atoms with Crippen molar-refractivity contribution in [2.75, 3.05) is 7.05 Å². The van der Waals surface area contributed by atoms with Crippen molar-refractivity contribution < 1.29 is 14.4 Å². The maximum atomic E-state index is 11.6. The Morgan fingerprint density at radius 2 is 2.00 bits per heavy atom. The largest absolute Gasteiger partial charge is 0.365 e. The van der Waals surface area contributed by atoms with Gasteiger partial charge in [-0.1, -0.05) is 23.4 Å². The minimum absolute atomic E-state index is 0.0433. The van der Waals surface area contributed by atoms with E-state index in [9.17, 15) is 9.59 Å². The lowest BCUT2D eigenvalue weighted by Gasteiger charge is -2.01. The second-order valence-corrected chi connectivity index (χ2v) is 3.70. The van der Waals surface area contributed by atoms with E-state index in [2.05, 4.69) is 10.3 Å². The van der Waals surface area contributed by atoms with Gasteiger partial charge in [-0.15, -0.1) is 0 Å². The monoisotopic (exact) mass is 245 g/mol. The first-order valence-corrected chi connectivity index (χ1v) is 5.27. The molecule has 92 valence electrons. The topological polar surface area (TPSA) is 71.3 Å². The van der Waals surface area contributed by atoms with Crippen molar-refractivity contribution in [3.63, 3.8) is 0 Å². The molecule has 0 N–H and O–H groups in total. The van der Waals surface area contributed by atoms with Crippen LogP contribution in [0.4, 0.5) is 0 Å². The average Bonchev–Trinajstić information content (AvgIpc) is 2.62. The minimum atomic E-state index is -0.613. The number of nitrogens with zero attached hydrogens (tertiary/aromatic N) is 3. The Labute approximate surface area is 104 Å². The fourth-order valence-electron chi connectivity index (χ4n) is 1.44. The van der Waals surface area contributed by atoms with E-state index >= 15 is 0 Å². The minimum Gasteiger partial charge on any atom is -0.312 e. The third-order valence-corrected chi connectivity index (χ3v) is 2.37. The Kier molecular flexibility index (Phi) is 3.18. The Morgan fingerprint density at radius 3 is 2.56 bits per heavy atom. The molecule has 18 heavy (non-hydrogen) atoms. The quantitative estimate of drug-likeness (QED) is 0.577. The normalized spacial score (nSPS) is 17.0. The van der Waals surface area contributed by atoms with Crippen molar-refractivity contribution >= 4 is 23.3 Å². The summed E-state index contributed by atoms with van der Waals surface area (Å²) in [6, 6.07) is 8.42. The second kappa shape index (κ2) is 4.79. The molecule has 6 heteroatoms. The summed E-state index contributed by atoms with van der Waals surface area (Å²) < 4.78 is 0. The first-order chi connectivity index (χ1) is 8.59. The number of hydrogen-bond acceptors (Lipinski definition) is 5. The number of amides is 1. The van der Waals surface area contributed by atoms with E-state index in [1.165, 1.54) is 7.05 Å². The van der Waals surface area contributed by atoms with Gasteiger partial charge in [-0.3, -0.25) is 4.79 Å². The summed E-state index contributed by atoms with van der Waals surface area (Å²) in [4.78, 5) is 27.9. The van der Waals surface area contributed by atoms with Crippen molar-refractivity contribution in [1.82, 2.24) is 5.01 Å². The molecule has 2 rings (SSSR count). The van der Waals surface area contributed by atoms with Gasteiger partial charge in [0, 0.05) is 7.05 Å². The van der Waals surface area contributed by atoms with Crippen LogP contribution in [-0.4, -0.2) is 35.4 Å². The molecule has 0 aromatic heterocycles. The van der Waals surface area contributed by atoms with Gasteiger partial charge in [0.05, 0.1) is 11.3 Å². The Balaban J connectivity index is 2.11. The van der Waals surface area contributed by atoms with Crippen molar-refractivity contribution in [2.24, 2.45) is 10.3 Å². The van der Waals surface area contributed by atoms with Gasteiger partial charge < -0.3 is 4.84 Å². The summed E-state index contributed by atoms with van der Waals surface area (Å²) in [6.45, 7) is 1.62. The van der Waals surface area contributed by atoms with Crippen LogP contribution in [0.3, 0.4) is 0 Å². The fraction of sp³-hybridized carbons (Fsp3) is 0.167. The lowest BCUT2D eigenvalue weighted by Crippen LogP contribution is -2.24. The van der Waals surface area contributed by atoms with Crippen molar-refractivity contribution in [3.8, 4) is 0 Å². The van der Waals surface area contributed by atoms with E-state index in [4.69, 9.17) is 4.84 Å². The second-order valence-electron chi connectivity index (χ2n) is 3.70. The lowest BCUT2D eigenvalue weighted by molar-refractivity contribution is -0.122. The predicted octanol–water partition coefficient (Wildman–Crippen LogP) is 1.05. The highest BCUT2D eigenvalue weighted by atomic mass is 16.7. The molecule has 1 aliphatic heterocycles. The van der Waals surface area contributed by atoms with Crippen LogP contribution in [0.15, 0.2) is 40.6 Å². The molecule has 0 radical (unpaired) electrons. The molecule has 1 aromatic carbocycles. The number of carbonyl (C=O) groups excluding carboxylic acids is 2. The smallest absolute Gasteiger partial charge is 0.312 e. The summed E-state index contributed by atoms with van der Waals surface area (Å²) in [5.41, 5.74) is 0.834. The molecule has 0 atom stereocenters. The molecular weight excluding hydrogens is 234 g/mol. The molecule has 6 nitrogen and oxygen atoms in total. The molecule has 0 spiro atoms. The van der Waals surface area contributed by atoms with Gasteiger partial charge in [0.1, 0.15) is 0 Å². The summed E-state index contributed by atoms with van der Waals surface area (Å²) in [7, 11) is 1.51. The zero-order chi connectivity index (χ0) is 13.1.